The lowest BCUT2D eigenvalue weighted by atomic mass is 10.00. The highest BCUT2D eigenvalue weighted by molar-refractivity contribution is 7.10. The van der Waals surface area contributed by atoms with Gasteiger partial charge in [-0.05, 0) is 29.9 Å². The maximum Gasteiger partial charge on any atom is 0.257 e. The van der Waals surface area contributed by atoms with Gasteiger partial charge in [-0.3, -0.25) is 9.48 Å². The highest BCUT2D eigenvalue weighted by atomic mass is 32.1. The van der Waals surface area contributed by atoms with Gasteiger partial charge < -0.3 is 9.64 Å². The molecular formula is C16H19N3O2S. The van der Waals surface area contributed by atoms with Crippen LogP contribution in [-0.2, 0) is 24.8 Å². The summed E-state index contributed by atoms with van der Waals surface area (Å²) >= 11 is 1.79. The fraction of sp³-hybridized carbons (Fsp3) is 0.500. The lowest BCUT2D eigenvalue weighted by Gasteiger charge is -2.27. The Kier molecular flexibility index (Phi) is 3.50. The van der Waals surface area contributed by atoms with Crippen molar-refractivity contribution in [2.24, 2.45) is 7.05 Å². The van der Waals surface area contributed by atoms with Crippen molar-refractivity contribution in [2.75, 3.05) is 19.8 Å². The number of hydrogen-bond acceptors (Lipinski definition) is 4. The summed E-state index contributed by atoms with van der Waals surface area (Å²) in [5, 5.41) is 6.65. The molecule has 2 aromatic rings. The average Bonchev–Trinajstić information content (AvgIpc) is 3.25. The van der Waals surface area contributed by atoms with E-state index in [-0.39, 0.29) is 11.8 Å². The van der Waals surface area contributed by atoms with Crippen molar-refractivity contribution in [1.29, 1.82) is 0 Å². The number of hydrogen-bond donors (Lipinski definition) is 0. The van der Waals surface area contributed by atoms with E-state index in [4.69, 9.17) is 4.74 Å². The molecule has 1 amide bonds. The SMILES string of the molecule is Cn1cc(C(=O)N2CCc3sccc3C2)c([C@@H]2CCOC2)n1. The molecule has 0 saturated carbocycles. The van der Waals surface area contributed by atoms with Gasteiger partial charge >= 0.3 is 0 Å². The van der Waals surface area contributed by atoms with Crippen LogP contribution in [0, 0.1) is 0 Å². The molecule has 0 bridgehead atoms. The Bertz CT molecular complexity index is 700. The minimum Gasteiger partial charge on any atom is -0.381 e. The van der Waals surface area contributed by atoms with Crippen LogP contribution in [0.2, 0.25) is 0 Å². The summed E-state index contributed by atoms with van der Waals surface area (Å²) in [6.07, 6.45) is 3.77. The number of thiophene rings is 1. The Morgan fingerprint density at radius 1 is 1.50 bits per heavy atom. The highest BCUT2D eigenvalue weighted by Crippen LogP contribution is 2.29. The normalized spacial score (nSPS) is 21.1. The van der Waals surface area contributed by atoms with Crippen molar-refractivity contribution >= 4 is 17.2 Å². The van der Waals surface area contributed by atoms with Crippen molar-refractivity contribution in [1.82, 2.24) is 14.7 Å². The number of carbonyl (C=O) groups excluding carboxylic acids is 1. The Labute approximate surface area is 133 Å². The third-order valence-electron chi connectivity index (χ3n) is 4.50. The molecule has 4 heterocycles. The highest BCUT2D eigenvalue weighted by Gasteiger charge is 2.30. The van der Waals surface area contributed by atoms with E-state index in [9.17, 15) is 4.79 Å². The second-order valence-corrected chi connectivity index (χ2v) is 7.01. The lowest BCUT2D eigenvalue weighted by molar-refractivity contribution is 0.0734. The molecule has 6 heteroatoms. The van der Waals surface area contributed by atoms with Gasteiger partial charge in [-0.25, -0.2) is 0 Å². The molecule has 0 aliphatic carbocycles. The van der Waals surface area contributed by atoms with Crippen molar-refractivity contribution in [3.8, 4) is 0 Å². The zero-order chi connectivity index (χ0) is 15.1. The summed E-state index contributed by atoms with van der Waals surface area (Å²) in [5.41, 5.74) is 2.94. The fourth-order valence-corrected chi connectivity index (χ4v) is 4.20. The molecule has 2 aliphatic heterocycles. The molecule has 0 unspecified atom stereocenters. The number of fused-ring (bicyclic) bond motifs is 1. The Balaban J connectivity index is 1.60. The first-order valence-corrected chi connectivity index (χ1v) is 8.56. The van der Waals surface area contributed by atoms with Crippen LogP contribution < -0.4 is 0 Å². The standard InChI is InChI=1S/C16H19N3O2S/c1-18-9-13(15(17-18)12-3-6-21-10-12)16(20)19-5-2-14-11(8-19)4-7-22-14/h4,7,9,12H,2-3,5-6,8,10H2,1H3/t12-/m1/s1. The molecule has 116 valence electrons. The molecule has 5 nitrogen and oxygen atoms in total. The summed E-state index contributed by atoms with van der Waals surface area (Å²) in [6.45, 7) is 2.94. The maximum atomic E-state index is 13.0. The number of amides is 1. The second kappa shape index (κ2) is 5.52. The van der Waals surface area contributed by atoms with Crippen molar-refractivity contribution < 1.29 is 9.53 Å². The third-order valence-corrected chi connectivity index (χ3v) is 5.52. The first-order chi connectivity index (χ1) is 10.7. The van der Waals surface area contributed by atoms with Crippen LogP contribution in [0.5, 0.6) is 0 Å². The summed E-state index contributed by atoms with van der Waals surface area (Å²) in [5.74, 6) is 0.355. The van der Waals surface area contributed by atoms with Gasteiger partial charge in [0, 0.05) is 43.7 Å². The largest absolute Gasteiger partial charge is 0.381 e. The fourth-order valence-electron chi connectivity index (χ4n) is 3.31. The van der Waals surface area contributed by atoms with E-state index in [0.29, 0.717) is 13.2 Å². The molecule has 0 radical (unpaired) electrons. The van der Waals surface area contributed by atoms with Gasteiger partial charge in [0.05, 0.1) is 17.9 Å². The van der Waals surface area contributed by atoms with Crippen molar-refractivity contribution in [3.05, 3.63) is 39.3 Å². The molecule has 0 N–H and O–H groups in total. The predicted octanol–water partition coefficient (Wildman–Crippen LogP) is 2.18. The Hall–Kier alpha value is -1.66. The zero-order valence-corrected chi connectivity index (χ0v) is 13.4. The summed E-state index contributed by atoms with van der Waals surface area (Å²) in [6, 6.07) is 2.13. The van der Waals surface area contributed by atoms with Gasteiger partial charge in [-0.1, -0.05) is 0 Å². The van der Waals surface area contributed by atoms with E-state index in [1.807, 2.05) is 18.1 Å². The van der Waals surface area contributed by atoms with E-state index in [0.717, 1.165) is 37.3 Å². The molecule has 0 aromatic carbocycles. The summed E-state index contributed by atoms with van der Waals surface area (Å²) in [7, 11) is 1.88. The first kappa shape index (κ1) is 14.0. The number of nitrogens with zero attached hydrogens (tertiary/aromatic N) is 3. The predicted molar refractivity (Wildman–Crippen MR) is 84.1 cm³/mol. The van der Waals surface area contributed by atoms with Crippen molar-refractivity contribution in [2.45, 2.75) is 25.3 Å². The van der Waals surface area contributed by atoms with E-state index >= 15 is 0 Å². The average molecular weight is 317 g/mol. The Morgan fingerprint density at radius 2 is 2.41 bits per heavy atom. The number of rotatable bonds is 2. The van der Waals surface area contributed by atoms with Crippen LogP contribution in [0.25, 0.3) is 0 Å². The molecular weight excluding hydrogens is 298 g/mol. The van der Waals surface area contributed by atoms with Gasteiger partial charge in [0.25, 0.3) is 5.91 Å². The van der Waals surface area contributed by atoms with Crippen LogP contribution in [0.4, 0.5) is 0 Å². The zero-order valence-electron chi connectivity index (χ0n) is 12.6. The van der Waals surface area contributed by atoms with E-state index in [1.165, 1.54) is 10.4 Å². The minimum absolute atomic E-state index is 0.104. The third kappa shape index (κ3) is 2.36. The smallest absolute Gasteiger partial charge is 0.257 e. The van der Waals surface area contributed by atoms with Gasteiger partial charge in [-0.2, -0.15) is 5.10 Å². The molecule has 4 rings (SSSR count). The van der Waals surface area contributed by atoms with Gasteiger partial charge in [0.15, 0.2) is 0 Å². The molecule has 1 fully saturated rings. The van der Waals surface area contributed by atoms with Crippen LogP contribution in [0.15, 0.2) is 17.6 Å². The number of aromatic nitrogens is 2. The van der Waals surface area contributed by atoms with Crippen LogP contribution in [0.3, 0.4) is 0 Å². The van der Waals surface area contributed by atoms with Crippen LogP contribution in [-0.4, -0.2) is 40.3 Å². The molecule has 2 aliphatic rings. The molecule has 0 spiro atoms. The number of ether oxygens (including phenoxy) is 1. The molecule has 2 aromatic heterocycles. The van der Waals surface area contributed by atoms with Crippen LogP contribution in [0.1, 0.15) is 38.8 Å². The van der Waals surface area contributed by atoms with Crippen LogP contribution >= 0.6 is 11.3 Å². The minimum atomic E-state index is 0.104. The maximum absolute atomic E-state index is 13.0. The summed E-state index contributed by atoms with van der Waals surface area (Å²) < 4.78 is 7.22. The van der Waals surface area contributed by atoms with E-state index in [1.54, 1.807) is 16.0 Å². The van der Waals surface area contributed by atoms with Gasteiger partial charge in [0.1, 0.15) is 0 Å². The number of carbonyl (C=O) groups is 1. The van der Waals surface area contributed by atoms with E-state index in [2.05, 4.69) is 16.5 Å². The van der Waals surface area contributed by atoms with Crippen molar-refractivity contribution in [3.63, 3.8) is 0 Å². The molecule has 1 atom stereocenters. The van der Waals surface area contributed by atoms with Gasteiger partial charge in [-0.15, -0.1) is 11.3 Å². The second-order valence-electron chi connectivity index (χ2n) is 6.01. The Morgan fingerprint density at radius 3 is 3.23 bits per heavy atom. The lowest BCUT2D eigenvalue weighted by Crippen LogP contribution is -2.35. The van der Waals surface area contributed by atoms with Gasteiger partial charge in [0.2, 0.25) is 0 Å². The summed E-state index contributed by atoms with van der Waals surface area (Å²) in [4.78, 5) is 16.3. The molecule has 22 heavy (non-hydrogen) atoms. The first-order valence-electron chi connectivity index (χ1n) is 7.68. The quantitative estimate of drug-likeness (QED) is 0.853. The van der Waals surface area contributed by atoms with E-state index < -0.39 is 0 Å². The molecule has 1 saturated heterocycles. The monoisotopic (exact) mass is 317 g/mol. The topological polar surface area (TPSA) is 47.4 Å². The number of aryl methyl sites for hydroxylation is 1.